The molecule has 0 radical (unpaired) electrons. The summed E-state index contributed by atoms with van der Waals surface area (Å²) in [5, 5.41) is 5.60. The number of rotatable bonds is 8. The zero-order valence-corrected chi connectivity index (χ0v) is 16.1. The molecule has 2 heterocycles. The average molecular weight is 387 g/mol. The van der Waals surface area contributed by atoms with Gasteiger partial charge in [-0.05, 0) is 31.0 Å². The van der Waals surface area contributed by atoms with Gasteiger partial charge in [0.2, 0.25) is 5.91 Å². The number of nitrogens with zero attached hydrogens (tertiary/aromatic N) is 1. The van der Waals surface area contributed by atoms with Crippen LogP contribution < -0.4 is 15.4 Å². The Kier molecular flexibility index (Phi) is 6.18. The second-order valence-corrected chi connectivity index (χ2v) is 6.61. The van der Waals surface area contributed by atoms with Gasteiger partial charge in [-0.1, -0.05) is 25.5 Å². The first-order chi connectivity index (χ1) is 13.5. The minimum Gasteiger partial charge on any atom is -0.494 e. The molecule has 0 unspecified atom stereocenters. The quantitative estimate of drug-likeness (QED) is 0.524. The van der Waals surface area contributed by atoms with E-state index in [1.807, 2.05) is 13.8 Å². The zero-order valence-electron chi connectivity index (χ0n) is 16.1. The maximum absolute atomic E-state index is 12.7. The molecule has 0 aromatic heterocycles. The molecule has 1 aromatic rings. The Labute approximate surface area is 163 Å². The molecule has 0 aliphatic carbocycles. The summed E-state index contributed by atoms with van der Waals surface area (Å²) in [7, 11) is 0. The van der Waals surface area contributed by atoms with Crippen molar-refractivity contribution >= 4 is 17.9 Å². The average Bonchev–Trinajstić information content (AvgIpc) is 3.07. The molecule has 2 aliphatic heterocycles. The van der Waals surface area contributed by atoms with Gasteiger partial charge in [0, 0.05) is 6.54 Å². The zero-order chi connectivity index (χ0) is 20.1. The van der Waals surface area contributed by atoms with Gasteiger partial charge in [-0.3, -0.25) is 9.69 Å². The number of ether oxygens (including phenoxy) is 2. The molecule has 28 heavy (non-hydrogen) atoms. The number of carbonyl (C=O) groups excluding carboxylic acids is 3. The van der Waals surface area contributed by atoms with Crippen molar-refractivity contribution in [1.82, 2.24) is 15.5 Å². The Morgan fingerprint density at radius 2 is 2.04 bits per heavy atom. The number of hydrogen-bond acceptors (Lipinski definition) is 5. The maximum Gasteiger partial charge on any atom is 0.338 e. The van der Waals surface area contributed by atoms with Crippen LogP contribution in [0.4, 0.5) is 4.79 Å². The molecule has 150 valence electrons. The normalized spacial score (nSPS) is 18.5. The van der Waals surface area contributed by atoms with E-state index < -0.39 is 18.0 Å². The fraction of sp³-hybridized carbons (Fsp3) is 0.450. The second kappa shape index (κ2) is 8.77. The van der Waals surface area contributed by atoms with Gasteiger partial charge in [-0.25, -0.2) is 9.59 Å². The molecule has 0 bridgehead atoms. The Balaban J connectivity index is 1.82. The van der Waals surface area contributed by atoms with E-state index in [0.29, 0.717) is 30.2 Å². The minimum atomic E-state index is -0.618. The Morgan fingerprint density at radius 3 is 2.71 bits per heavy atom. The van der Waals surface area contributed by atoms with Crippen LogP contribution in [0.5, 0.6) is 5.75 Å². The molecule has 0 fully saturated rings. The summed E-state index contributed by atoms with van der Waals surface area (Å²) in [6, 6.07) is 6.14. The van der Waals surface area contributed by atoms with E-state index in [4.69, 9.17) is 9.47 Å². The molecule has 3 rings (SSSR count). The number of urea groups is 1. The molecular formula is C20H25N3O5. The SMILES string of the molecule is CCCCNC(=O)CN1C(=O)N[C@H](c2ccc(OCC)cc2)C2=C1COC2=O. The van der Waals surface area contributed by atoms with Gasteiger partial charge in [0.1, 0.15) is 18.9 Å². The van der Waals surface area contributed by atoms with Crippen molar-refractivity contribution in [3.63, 3.8) is 0 Å². The van der Waals surface area contributed by atoms with Crippen molar-refractivity contribution in [3.05, 3.63) is 41.1 Å². The van der Waals surface area contributed by atoms with Gasteiger partial charge in [0.05, 0.1) is 23.9 Å². The first kappa shape index (κ1) is 19.7. The Bertz CT molecular complexity index is 788. The highest BCUT2D eigenvalue weighted by atomic mass is 16.5. The second-order valence-electron chi connectivity index (χ2n) is 6.61. The highest BCUT2D eigenvalue weighted by molar-refractivity contribution is 5.98. The third-order valence-corrected chi connectivity index (χ3v) is 4.68. The summed E-state index contributed by atoms with van der Waals surface area (Å²) < 4.78 is 10.6. The summed E-state index contributed by atoms with van der Waals surface area (Å²) in [5.41, 5.74) is 1.55. The van der Waals surface area contributed by atoms with E-state index in [2.05, 4.69) is 10.6 Å². The van der Waals surface area contributed by atoms with E-state index in [0.717, 1.165) is 18.4 Å². The molecular weight excluding hydrogens is 362 g/mol. The van der Waals surface area contributed by atoms with Crippen LogP contribution in [-0.2, 0) is 14.3 Å². The van der Waals surface area contributed by atoms with Gasteiger partial charge >= 0.3 is 12.0 Å². The molecule has 0 saturated carbocycles. The number of hydrogen-bond donors (Lipinski definition) is 2. The van der Waals surface area contributed by atoms with Crippen molar-refractivity contribution in [1.29, 1.82) is 0 Å². The monoisotopic (exact) mass is 387 g/mol. The number of amides is 3. The lowest BCUT2D eigenvalue weighted by molar-refractivity contribution is -0.136. The summed E-state index contributed by atoms with van der Waals surface area (Å²) >= 11 is 0. The lowest BCUT2D eigenvalue weighted by atomic mass is 9.95. The summed E-state index contributed by atoms with van der Waals surface area (Å²) in [4.78, 5) is 38.4. The van der Waals surface area contributed by atoms with Crippen molar-refractivity contribution < 1.29 is 23.9 Å². The van der Waals surface area contributed by atoms with Gasteiger partial charge in [-0.15, -0.1) is 0 Å². The molecule has 2 N–H and O–H groups in total. The Morgan fingerprint density at radius 1 is 1.29 bits per heavy atom. The first-order valence-corrected chi connectivity index (χ1v) is 9.52. The fourth-order valence-corrected chi connectivity index (χ4v) is 3.26. The molecule has 2 aliphatic rings. The third-order valence-electron chi connectivity index (χ3n) is 4.68. The van der Waals surface area contributed by atoms with Crippen molar-refractivity contribution in [2.75, 3.05) is 26.3 Å². The lowest BCUT2D eigenvalue weighted by Crippen LogP contribution is -2.50. The number of benzene rings is 1. The molecule has 1 atom stereocenters. The number of unbranched alkanes of at least 4 members (excludes halogenated alkanes) is 1. The largest absolute Gasteiger partial charge is 0.494 e. The predicted octanol–water partition coefficient (Wildman–Crippen LogP) is 1.88. The van der Waals surface area contributed by atoms with Crippen LogP contribution in [0.25, 0.3) is 0 Å². The smallest absolute Gasteiger partial charge is 0.338 e. The van der Waals surface area contributed by atoms with Gasteiger partial charge in [-0.2, -0.15) is 0 Å². The van der Waals surface area contributed by atoms with Crippen LogP contribution >= 0.6 is 0 Å². The molecule has 3 amide bonds. The Hall–Kier alpha value is -3.03. The number of esters is 1. The summed E-state index contributed by atoms with van der Waals surface area (Å²) in [6.07, 6.45) is 1.83. The number of carbonyl (C=O) groups is 3. The van der Waals surface area contributed by atoms with Crippen molar-refractivity contribution in [3.8, 4) is 5.75 Å². The summed E-state index contributed by atoms with van der Waals surface area (Å²) in [5.74, 6) is -0.0402. The predicted molar refractivity (Wildman–Crippen MR) is 101 cm³/mol. The van der Waals surface area contributed by atoms with E-state index >= 15 is 0 Å². The van der Waals surface area contributed by atoms with E-state index in [9.17, 15) is 14.4 Å². The van der Waals surface area contributed by atoms with Crippen LogP contribution in [0.15, 0.2) is 35.5 Å². The van der Waals surface area contributed by atoms with Crippen LogP contribution in [0, 0.1) is 0 Å². The van der Waals surface area contributed by atoms with Gasteiger partial charge < -0.3 is 20.1 Å². The van der Waals surface area contributed by atoms with Crippen LogP contribution in [0.1, 0.15) is 38.3 Å². The highest BCUT2D eigenvalue weighted by Gasteiger charge is 2.42. The standard InChI is InChI=1S/C20H25N3O5/c1-3-5-10-21-16(24)11-23-15-12-28-19(25)17(15)18(22-20(23)26)13-6-8-14(9-7-13)27-4-2/h6-9,18H,3-5,10-12H2,1-2H3,(H,21,24)(H,22,26)/t18-/m1/s1. The number of cyclic esters (lactones) is 1. The maximum atomic E-state index is 12.7. The minimum absolute atomic E-state index is 0.0165. The van der Waals surface area contributed by atoms with Crippen molar-refractivity contribution in [2.45, 2.75) is 32.7 Å². The third kappa shape index (κ3) is 4.11. The topological polar surface area (TPSA) is 97.0 Å². The lowest BCUT2D eigenvalue weighted by Gasteiger charge is -2.32. The first-order valence-electron chi connectivity index (χ1n) is 9.52. The van der Waals surface area contributed by atoms with E-state index in [-0.39, 0.29) is 19.1 Å². The molecule has 0 saturated heterocycles. The van der Waals surface area contributed by atoms with E-state index in [1.54, 1.807) is 24.3 Å². The van der Waals surface area contributed by atoms with E-state index in [1.165, 1.54) is 4.90 Å². The molecule has 8 heteroatoms. The fourth-order valence-electron chi connectivity index (χ4n) is 3.26. The summed E-state index contributed by atoms with van der Waals surface area (Å²) in [6.45, 7) is 4.87. The number of nitrogens with one attached hydrogen (secondary N) is 2. The molecule has 1 aromatic carbocycles. The van der Waals surface area contributed by atoms with Crippen LogP contribution in [0.2, 0.25) is 0 Å². The van der Waals surface area contributed by atoms with Crippen molar-refractivity contribution in [2.24, 2.45) is 0 Å². The molecule has 8 nitrogen and oxygen atoms in total. The van der Waals surface area contributed by atoms with Crippen LogP contribution in [0.3, 0.4) is 0 Å². The van der Waals surface area contributed by atoms with Crippen LogP contribution in [-0.4, -0.2) is 49.1 Å². The highest BCUT2D eigenvalue weighted by Crippen LogP contribution is 2.35. The van der Waals surface area contributed by atoms with Gasteiger partial charge in [0.15, 0.2) is 0 Å². The molecule has 0 spiro atoms. The van der Waals surface area contributed by atoms with Gasteiger partial charge in [0.25, 0.3) is 0 Å².